The van der Waals surface area contributed by atoms with E-state index in [-0.39, 0.29) is 11.9 Å². The molecule has 0 saturated heterocycles. The van der Waals surface area contributed by atoms with E-state index in [2.05, 4.69) is 30.9 Å². The van der Waals surface area contributed by atoms with Crippen LogP contribution >= 0.6 is 0 Å². The van der Waals surface area contributed by atoms with Crippen LogP contribution in [0.2, 0.25) is 0 Å². The van der Waals surface area contributed by atoms with E-state index >= 15 is 0 Å². The van der Waals surface area contributed by atoms with E-state index < -0.39 is 0 Å². The molecule has 5 heteroatoms. The molecule has 0 aliphatic heterocycles. The van der Waals surface area contributed by atoms with Gasteiger partial charge in [-0.3, -0.25) is 9.48 Å². The van der Waals surface area contributed by atoms with Crippen LogP contribution < -0.4 is 4.90 Å². The lowest BCUT2D eigenvalue weighted by Crippen LogP contribution is -2.36. The summed E-state index contributed by atoms with van der Waals surface area (Å²) >= 11 is 0. The Kier molecular flexibility index (Phi) is 5.65. The van der Waals surface area contributed by atoms with Crippen LogP contribution in [0.4, 0.5) is 5.82 Å². The van der Waals surface area contributed by atoms with Crippen molar-refractivity contribution in [1.29, 1.82) is 0 Å². The molecule has 0 aliphatic carbocycles. The number of hydrogen-bond acceptors (Lipinski definition) is 3. The number of benzene rings is 1. The lowest BCUT2D eigenvalue weighted by molar-refractivity contribution is -0.131. The van der Waals surface area contributed by atoms with E-state index in [4.69, 9.17) is 5.10 Å². The molecule has 0 spiro atoms. The summed E-state index contributed by atoms with van der Waals surface area (Å²) < 4.78 is 1.90. The second kappa shape index (κ2) is 7.51. The van der Waals surface area contributed by atoms with Crippen LogP contribution in [-0.4, -0.2) is 40.7 Å². The van der Waals surface area contributed by atoms with Crippen molar-refractivity contribution in [1.82, 2.24) is 14.7 Å². The third-order valence-corrected chi connectivity index (χ3v) is 4.44. The van der Waals surface area contributed by atoms with Crippen molar-refractivity contribution in [3.05, 3.63) is 35.9 Å². The van der Waals surface area contributed by atoms with Crippen molar-refractivity contribution < 1.29 is 4.79 Å². The summed E-state index contributed by atoms with van der Waals surface area (Å²) in [4.78, 5) is 16.2. The molecule has 0 unspecified atom stereocenters. The largest absolute Gasteiger partial charge is 0.363 e. The van der Waals surface area contributed by atoms with E-state index in [1.807, 2.05) is 48.9 Å². The number of carbonyl (C=O) groups excluding carboxylic acids is 1. The number of aryl methyl sites for hydroxylation is 1. The fraction of sp³-hybridized carbons (Fsp3) is 0.474. The second-order valence-corrected chi connectivity index (χ2v) is 6.44. The minimum atomic E-state index is 0.0944. The summed E-state index contributed by atoms with van der Waals surface area (Å²) in [5.74, 6) is 1.13. The molecule has 24 heavy (non-hydrogen) atoms. The van der Waals surface area contributed by atoms with Crippen molar-refractivity contribution in [2.45, 2.75) is 39.8 Å². The van der Waals surface area contributed by atoms with Crippen molar-refractivity contribution in [3.63, 3.8) is 0 Å². The SMILES string of the molecule is CC[C@H](C)N(Cc1c(-c2ccccc2)nn(C)c1N(C)C)C(C)=O. The van der Waals surface area contributed by atoms with Crippen LogP contribution in [0.1, 0.15) is 32.8 Å². The van der Waals surface area contributed by atoms with Gasteiger partial charge in [-0.15, -0.1) is 0 Å². The Morgan fingerprint density at radius 1 is 1.25 bits per heavy atom. The topological polar surface area (TPSA) is 41.4 Å². The maximum atomic E-state index is 12.2. The first-order valence-electron chi connectivity index (χ1n) is 8.42. The van der Waals surface area contributed by atoms with E-state index in [0.717, 1.165) is 29.1 Å². The first-order chi connectivity index (χ1) is 11.4. The molecule has 2 rings (SSSR count). The average molecular weight is 328 g/mol. The summed E-state index contributed by atoms with van der Waals surface area (Å²) in [6.07, 6.45) is 0.928. The van der Waals surface area contributed by atoms with Crippen LogP contribution in [0, 0.1) is 0 Å². The molecule has 0 bridgehead atoms. The summed E-state index contributed by atoms with van der Waals surface area (Å²) in [5, 5.41) is 4.74. The maximum Gasteiger partial charge on any atom is 0.219 e. The Morgan fingerprint density at radius 3 is 2.38 bits per heavy atom. The molecule has 1 heterocycles. The molecular formula is C19H28N4O. The van der Waals surface area contributed by atoms with Gasteiger partial charge in [0.25, 0.3) is 0 Å². The Labute approximate surface area is 144 Å². The monoisotopic (exact) mass is 328 g/mol. The molecule has 1 aromatic carbocycles. The molecule has 0 saturated carbocycles. The molecular weight excluding hydrogens is 300 g/mol. The molecule has 1 aromatic heterocycles. The molecule has 0 radical (unpaired) electrons. The lowest BCUT2D eigenvalue weighted by atomic mass is 10.1. The van der Waals surface area contributed by atoms with Crippen molar-refractivity contribution in [2.24, 2.45) is 7.05 Å². The number of nitrogens with zero attached hydrogens (tertiary/aromatic N) is 4. The van der Waals surface area contributed by atoms with Gasteiger partial charge in [-0.1, -0.05) is 37.3 Å². The molecule has 130 valence electrons. The molecule has 1 amide bonds. The molecule has 5 nitrogen and oxygen atoms in total. The molecule has 0 aliphatic rings. The Bertz CT molecular complexity index is 691. The van der Waals surface area contributed by atoms with Crippen molar-refractivity contribution in [2.75, 3.05) is 19.0 Å². The molecule has 2 aromatic rings. The quantitative estimate of drug-likeness (QED) is 0.817. The highest BCUT2D eigenvalue weighted by Gasteiger charge is 2.24. The zero-order valence-corrected chi connectivity index (χ0v) is 15.6. The predicted molar refractivity (Wildman–Crippen MR) is 98.9 cm³/mol. The van der Waals surface area contributed by atoms with E-state index in [9.17, 15) is 4.79 Å². The van der Waals surface area contributed by atoms with Crippen LogP contribution in [0.3, 0.4) is 0 Å². The summed E-state index contributed by atoms with van der Waals surface area (Å²) in [6.45, 7) is 6.40. The van der Waals surface area contributed by atoms with Gasteiger partial charge < -0.3 is 9.80 Å². The smallest absolute Gasteiger partial charge is 0.219 e. The van der Waals surface area contributed by atoms with Gasteiger partial charge in [0.1, 0.15) is 5.82 Å². The Morgan fingerprint density at radius 2 is 1.88 bits per heavy atom. The third-order valence-electron chi connectivity index (χ3n) is 4.44. The minimum Gasteiger partial charge on any atom is -0.363 e. The lowest BCUT2D eigenvalue weighted by Gasteiger charge is -2.28. The van der Waals surface area contributed by atoms with E-state index in [1.54, 1.807) is 6.92 Å². The van der Waals surface area contributed by atoms with E-state index in [1.165, 1.54) is 0 Å². The van der Waals surface area contributed by atoms with Gasteiger partial charge in [0.2, 0.25) is 5.91 Å². The second-order valence-electron chi connectivity index (χ2n) is 6.44. The van der Waals surface area contributed by atoms with Gasteiger partial charge in [-0.2, -0.15) is 5.10 Å². The van der Waals surface area contributed by atoms with Gasteiger partial charge in [0.05, 0.1) is 12.2 Å². The fourth-order valence-electron chi connectivity index (χ4n) is 3.06. The first-order valence-corrected chi connectivity index (χ1v) is 8.42. The summed E-state index contributed by atoms with van der Waals surface area (Å²) in [6, 6.07) is 10.3. The summed E-state index contributed by atoms with van der Waals surface area (Å²) in [5.41, 5.74) is 3.10. The number of anilines is 1. The summed E-state index contributed by atoms with van der Waals surface area (Å²) in [7, 11) is 5.97. The van der Waals surface area contributed by atoms with Gasteiger partial charge in [-0.25, -0.2) is 0 Å². The zero-order valence-electron chi connectivity index (χ0n) is 15.6. The van der Waals surface area contributed by atoms with Gasteiger partial charge >= 0.3 is 0 Å². The van der Waals surface area contributed by atoms with Crippen LogP contribution in [-0.2, 0) is 18.4 Å². The highest BCUT2D eigenvalue weighted by molar-refractivity contribution is 5.75. The van der Waals surface area contributed by atoms with Crippen LogP contribution in [0.5, 0.6) is 0 Å². The van der Waals surface area contributed by atoms with Crippen molar-refractivity contribution >= 4 is 11.7 Å². The maximum absolute atomic E-state index is 12.2. The molecule has 1 atom stereocenters. The van der Waals surface area contributed by atoms with Crippen LogP contribution in [0.15, 0.2) is 30.3 Å². The normalized spacial score (nSPS) is 12.1. The molecule has 0 fully saturated rings. The number of rotatable bonds is 6. The minimum absolute atomic E-state index is 0.0944. The predicted octanol–water partition coefficient (Wildman–Crippen LogP) is 3.30. The van der Waals surface area contributed by atoms with Gasteiger partial charge in [0.15, 0.2) is 0 Å². The highest BCUT2D eigenvalue weighted by Crippen LogP contribution is 2.31. The van der Waals surface area contributed by atoms with Gasteiger partial charge in [0, 0.05) is 45.2 Å². The number of amides is 1. The third kappa shape index (κ3) is 3.61. The van der Waals surface area contributed by atoms with Crippen molar-refractivity contribution in [3.8, 4) is 11.3 Å². The van der Waals surface area contributed by atoms with Crippen LogP contribution in [0.25, 0.3) is 11.3 Å². The fourth-order valence-corrected chi connectivity index (χ4v) is 3.06. The number of aromatic nitrogens is 2. The van der Waals surface area contributed by atoms with E-state index in [0.29, 0.717) is 6.54 Å². The Balaban J connectivity index is 2.55. The average Bonchev–Trinajstić information content (AvgIpc) is 2.88. The first kappa shape index (κ1) is 18.0. The zero-order chi connectivity index (χ0) is 17.9. The highest BCUT2D eigenvalue weighted by atomic mass is 16.2. The molecule has 0 N–H and O–H groups in total. The number of hydrogen-bond donors (Lipinski definition) is 0. The Hall–Kier alpha value is -2.30. The number of carbonyl (C=O) groups is 1. The van der Waals surface area contributed by atoms with Gasteiger partial charge in [-0.05, 0) is 13.3 Å². The standard InChI is InChI=1S/C19H28N4O/c1-7-14(2)23(15(3)24)13-17-18(16-11-9-8-10-12-16)20-22(6)19(17)21(4)5/h8-12,14H,7,13H2,1-6H3/t14-/m0/s1.